The van der Waals surface area contributed by atoms with Gasteiger partial charge in [0, 0.05) is 5.02 Å². The van der Waals surface area contributed by atoms with E-state index in [-0.39, 0.29) is 32.2 Å². The molecule has 1 heterocycles. The molecule has 1 aliphatic heterocycles. The lowest BCUT2D eigenvalue weighted by Crippen LogP contribution is -2.56. The van der Waals surface area contributed by atoms with Gasteiger partial charge in [-0.1, -0.05) is 100 Å². The van der Waals surface area contributed by atoms with Crippen LogP contribution in [0, 0.1) is 0 Å². The van der Waals surface area contributed by atoms with Crippen LogP contribution in [0.25, 0.3) is 0 Å². The highest BCUT2D eigenvalue weighted by atomic mass is 35.5. The van der Waals surface area contributed by atoms with Gasteiger partial charge in [-0.05, 0) is 23.3 Å². The van der Waals surface area contributed by atoms with Crippen molar-refractivity contribution in [1.82, 2.24) is 0 Å². The molecule has 7 heteroatoms. The summed E-state index contributed by atoms with van der Waals surface area (Å²) >= 11 is 31.3. The normalized spacial score (nSPS) is 24.4. The minimum absolute atomic E-state index is 0.0441. The molecule has 0 bridgehead atoms. The molecule has 0 radical (unpaired) electrons. The van der Waals surface area contributed by atoms with Crippen molar-refractivity contribution in [3.05, 3.63) is 90.9 Å². The number of hydrogen-bond acceptors (Lipinski definition) is 2. The number of benzene rings is 2. The minimum atomic E-state index is -1.29. The van der Waals surface area contributed by atoms with E-state index in [4.69, 9.17) is 62.7 Å². The zero-order valence-corrected chi connectivity index (χ0v) is 17.3. The van der Waals surface area contributed by atoms with E-state index in [1.807, 2.05) is 42.5 Å². The molecular formula is C20H11Cl5O2. The van der Waals surface area contributed by atoms with Crippen LogP contribution < -0.4 is 0 Å². The van der Waals surface area contributed by atoms with Gasteiger partial charge in [-0.25, -0.2) is 0 Å². The van der Waals surface area contributed by atoms with Crippen molar-refractivity contribution < 1.29 is 9.53 Å². The Kier molecular flexibility index (Phi) is 5.09. The molecule has 4 rings (SSSR count). The van der Waals surface area contributed by atoms with E-state index in [2.05, 4.69) is 0 Å². The van der Waals surface area contributed by atoms with Crippen LogP contribution in [0.1, 0.15) is 23.1 Å². The molecule has 1 spiro atoms. The predicted molar refractivity (Wildman–Crippen MR) is 110 cm³/mol. The van der Waals surface area contributed by atoms with Crippen LogP contribution in [0.4, 0.5) is 0 Å². The maximum atomic E-state index is 12.2. The number of halogens is 5. The number of ether oxygens (including phenoxy) is 1. The van der Waals surface area contributed by atoms with Gasteiger partial charge < -0.3 is 4.74 Å². The van der Waals surface area contributed by atoms with Gasteiger partial charge >= 0.3 is 0 Å². The number of Topliss-reactive ketones (excluding diaryl/α,β-unsaturated/α-hetero) is 1. The summed E-state index contributed by atoms with van der Waals surface area (Å²) in [5, 5.41) is 0.350. The van der Waals surface area contributed by atoms with Gasteiger partial charge in [0.1, 0.15) is 10.1 Å². The van der Waals surface area contributed by atoms with E-state index in [0.29, 0.717) is 5.02 Å². The summed E-state index contributed by atoms with van der Waals surface area (Å²) in [6.07, 6.45) is -0.366. The van der Waals surface area contributed by atoms with E-state index >= 15 is 0 Å². The smallest absolute Gasteiger partial charge is 0.218 e. The average molecular weight is 461 g/mol. The van der Waals surface area contributed by atoms with Gasteiger partial charge in [0.2, 0.25) is 5.78 Å². The molecule has 1 saturated heterocycles. The zero-order valence-electron chi connectivity index (χ0n) is 13.6. The fraction of sp³-hybridized carbons (Fsp3) is 0.150. The van der Waals surface area contributed by atoms with Crippen molar-refractivity contribution >= 4 is 63.8 Å². The summed E-state index contributed by atoms with van der Waals surface area (Å²) in [5.74, 6) is -0.931. The summed E-state index contributed by atoms with van der Waals surface area (Å²) in [5.41, 5.74) is 0.539. The lowest BCUT2D eigenvalue weighted by Gasteiger charge is -2.56. The van der Waals surface area contributed by atoms with Gasteiger partial charge in [0.05, 0.1) is 22.1 Å². The Morgan fingerprint density at radius 1 is 0.741 bits per heavy atom. The van der Waals surface area contributed by atoms with Gasteiger partial charge in [0.25, 0.3) is 0 Å². The molecule has 2 aromatic rings. The first-order chi connectivity index (χ1) is 12.9. The monoisotopic (exact) mass is 458 g/mol. The summed E-state index contributed by atoms with van der Waals surface area (Å²) in [6, 6.07) is 16.9. The molecule has 138 valence electrons. The number of rotatable bonds is 2. The Morgan fingerprint density at radius 3 is 1.85 bits per heavy atom. The van der Waals surface area contributed by atoms with E-state index in [0.717, 1.165) is 11.1 Å². The van der Waals surface area contributed by atoms with Crippen molar-refractivity contribution in [3.63, 3.8) is 0 Å². The molecule has 0 amide bonds. The topological polar surface area (TPSA) is 26.3 Å². The van der Waals surface area contributed by atoms with Crippen molar-refractivity contribution in [1.29, 1.82) is 0 Å². The average Bonchev–Trinajstić information content (AvgIpc) is 2.66. The van der Waals surface area contributed by atoms with E-state index < -0.39 is 11.4 Å². The molecule has 0 unspecified atom stereocenters. The Balaban J connectivity index is 1.89. The molecule has 1 aliphatic carbocycles. The molecule has 1 fully saturated rings. The standard InChI is InChI=1S/C20H11Cl5O2/c21-12-8-6-11(7-9-12)17-13(10-4-2-1-3-5-10)20(27-17)18(24)14(22)16(26)15(23)19(20)25/h1-9,13,17H/t13-,17-/m0/s1. The van der Waals surface area contributed by atoms with E-state index in [9.17, 15) is 4.79 Å². The Hall–Kier alpha value is -1.000. The molecule has 0 N–H and O–H groups in total. The van der Waals surface area contributed by atoms with Gasteiger partial charge in [-0.2, -0.15) is 0 Å². The van der Waals surface area contributed by atoms with Crippen molar-refractivity contribution in [2.24, 2.45) is 0 Å². The third kappa shape index (κ3) is 2.86. The second kappa shape index (κ2) is 7.11. The maximum Gasteiger partial charge on any atom is 0.218 e. The van der Waals surface area contributed by atoms with Gasteiger partial charge in [-0.3, -0.25) is 4.79 Å². The molecular weight excluding hydrogens is 449 g/mol. The largest absolute Gasteiger partial charge is 0.354 e. The number of carbonyl (C=O) groups excluding carboxylic acids is 1. The van der Waals surface area contributed by atoms with Crippen LogP contribution in [-0.4, -0.2) is 11.4 Å². The van der Waals surface area contributed by atoms with E-state index in [1.165, 1.54) is 0 Å². The Labute approximate surface area is 181 Å². The molecule has 2 aromatic carbocycles. The highest BCUT2D eigenvalue weighted by molar-refractivity contribution is 6.61. The lowest BCUT2D eigenvalue weighted by atomic mass is 9.68. The number of carbonyl (C=O) groups is 1. The van der Waals surface area contributed by atoms with Crippen LogP contribution in [0.3, 0.4) is 0 Å². The van der Waals surface area contributed by atoms with Crippen LogP contribution >= 0.6 is 58.0 Å². The van der Waals surface area contributed by atoms with Gasteiger partial charge in [-0.15, -0.1) is 0 Å². The quantitative estimate of drug-likeness (QED) is 0.488. The molecule has 2 aliphatic rings. The van der Waals surface area contributed by atoms with Crippen molar-refractivity contribution in [2.45, 2.75) is 17.6 Å². The Morgan fingerprint density at radius 2 is 1.30 bits per heavy atom. The number of allylic oxidation sites excluding steroid dienone is 2. The minimum Gasteiger partial charge on any atom is -0.354 e. The van der Waals surface area contributed by atoms with Crippen molar-refractivity contribution in [2.75, 3.05) is 0 Å². The summed E-state index contributed by atoms with van der Waals surface area (Å²) in [6.45, 7) is 0. The summed E-state index contributed by atoms with van der Waals surface area (Å²) in [7, 11) is 0. The molecule has 0 saturated carbocycles. The number of hydrogen-bond donors (Lipinski definition) is 0. The fourth-order valence-corrected chi connectivity index (χ4v) is 4.94. The highest BCUT2D eigenvalue weighted by Gasteiger charge is 2.64. The van der Waals surface area contributed by atoms with E-state index in [1.54, 1.807) is 12.1 Å². The molecule has 0 aromatic heterocycles. The third-order valence-electron chi connectivity index (χ3n) is 4.85. The van der Waals surface area contributed by atoms with Crippen LogP contribution in [0.5, 0.6) is 0 Å². The first kappa shape index (κ1) is 19.3. The third-order valence-corrected chi connectivity index (χ3v) is 6.95. The molecule has 2 nitrogen and oxygen atoms in total. The van der Waals surface area contributed by atoms with Gasteiger partial charge in [0.15, 0.2) is 5.60 Å². The molecule has 27 heavy (non-hydrogen) atoms. The second-order valence-electron chi connectivity index (χ2n) is 6.30. The summed E-state index contributed by atoms with van der Waals surface area (Å²) < 4.78 is 6.23. The first-order valence-corrected chi connectivity index (χ1v) is 9.91. The maximum absolute atomic E-state index is 12.2. The highest BCUT2D eigenvalue weighted by Crippen LogP contribution is 2.65. The second-order valence-corrected chi connectivity index (χ2v) is 8.25. The van der Waals surface area contributed by atoms with Crippen LogP contribution in [0.2, 0.25) is 5.02 Å². The SMILES string of the molecule is O=C1C(Cl)=C(Cl)C2(O[C@@H](c3ccc(Cl)cc3)[C@@H]2c2ccccc2)C(Cl)=C1Cl. The first-order valence-electron chi connectivity index (χ1n) is 8.02. The Bertz CT molecular complexity index is 951. The fourth-order valence-electron chi connectivity index (χ4n) is 3.56. The molecule has 2 atom stereocenters. The van der Waals surface area contributed by atoms with Crippen molar-refractivity contribution in [3.8, 4) is 0 Å². The lowest BCUT2D eigenvalue weighted by molar-refractivity contribution is -0.183. The van der Waals surface area contributed by atoms with Crippen LogP contribution in [-0.2, 0) is 9.53 Å². The number of ketones is 1. The zero-order chi connectivity index (χ0) is 19.3. The van der Waals surface area contributed by atoms with Crippen LogP contribution in [0.15, 0.2) is 74.7 Å². The predicted octanol–water partition coefficient (Wildman–Crippen LogP) is 6.90. The summed E-state index contributed by atoms with van der Waals surface area (Å²) in [4.78, 5) is 12.2.